The molecule has 1 spiro atoms. The van der Waals surface area contributed by atoms with Crippen molar-refractivity contribution in [2.45, 2.75) is 56.9 Å². The third-order valence-corrected chi connectivity index (χ3v) is 8.76. The smallest absolute Gasteiger partial charge is 0.326 e. The normalized spacial score (nSPS) is 29.0. The van der Waals surface area contributed by atoms with Gasteiger partial charge in [0.25, 0.3) is 5.91 Å². The quantitative estimate of drug-likeness (QED) is 0.697. The summed E-state index contributed by atoms with van der Waals surface area (Å²) < 4.78 is 32.3. The molecule has 1 aromatic heterocycles. The van der Waals surface area contributed by atoms with E-state index in [-0.39, 0.29) is 42.4 Å². The second kappa shape index (κ2) is 7.61. The predicted molar refractivity (Wildman–Crippen MR) is 107 cm³/mol. The van der Waals surface area contributed by atoms with E-state index in [4.69, 9.17) is 4.52 Å². The Balaban J connectivity index is 1.38. The minimum Gasteiger partial charge on any atom is -0.360 e. The summed E-state index contributed by atoms with van der Waals surface area (Å²) >= 11 is 0. The van der Waals surface area contributed by atoms with Gasteiger partial charge in [0.15, 0.2) is 5.76 Å². The fourth-order valence-electron chi connectivity index (χ4n) is 4.68. The van der Waals surface area contributed by atoms with Crippen LogP contribution in [-0.4, -0.2) is 78.0 Å². The summed E-state index contributed by atoms with van der Waals surface area (Å²) in [6.07, 6.45) is 3.22. The van der Waals surface area contributed by atoms with E-state index in [1.54, 1.807) is 13.8 Å². The Labute approximate surface area is 176 Å². The lowest BCUT2D eigenvalue weighted by Gasteiger charge is -2.36. The van der Waals surface area contributed by atoms with E-state index in [0.717, 1.165) is 12.8 Å². The molecule has 0 unspecified atom stereocenters. The number of imide groups is 1. The largest absolute Gasteiger partial charge is 0.360 e. The molecule has 11 heteroatoms. The van der Waals surface area contributed by atoms with E-state index in [0.29, 0.717) is 37.5 Å². The molecule has 1 N–H and O–H groups in total. The Morgan fingerprint density at radius 3 is 2.33 bits per heavy atom. The molecule has 30 heavy (non-hydrogen) atoms. The summed E-state index contributed by atoms with van der Waals surface area (Å²) in [7, 11) is -3.69. The van der Waals surface area contributed by atoms with Gasteiger partial charge in [-0.2, -0.15) is 4.31 Å². The van der Waals surface area contributed by atoms with Crippen LogP contribution in [0.15, 0.2) is 9.42 Å². The van der Waals surface area contributed by atoms with Crippen LogP contribution in [0, 0.1) is 19.8 Å². The van der Waals surface area contributed by atoms with Crippen LogP contribution in [0.25, 0.3) is 0 Å². The average Bonchev–Trinajstić information content (AvgIpc) is 3.16. The number of amides is 3. The SMILES string of the molecule is Cc1noc(C)c1S(=O)(=O)N1CCN(CN2C(=O)NC3(CCC(C)CC3)C2=O)CC1. The maximum absolute atomic E-state index is 13.0. The molecule has 3 fully saturated rings. The van der Waals surface area contributed by atoms with Crippen LogP contribution in [0.2, 0.25) is 0 Å². The monoisotopic (exact) mass is 439 g/mol. The Kier molecular flexibility index (Phi) is 5.39. The zero-order valence-electron chi connectivity index (χ0n) is 17.7. The molecule has 166 valence electrons. The highest BCUT2D eigenvalue weighted by molar-refractivity contribution is 7.89. The number of rotatable bonds is 4. The van der Waals surface area contributed by atoms with Gasteiger partial charge in [0, 0.05) is 26.2 Å². The van der Waals surface area contributed by atoms with Crippen molar-refractivity contribution in [1.29, 1.82) is 0 Å². The second-order valence-electron chi connectivity index (χ2n) is 8.74. The van der Waals surface area contributed by atoms with Gasteiger partial charge in [-0.25, -0.2) is 18.1 Å². The Morgan fingerprint density at radius 2 is 1.77 bits per heavy atom. The molecule has 1 saturated carbocycles. The van der Waals surface area contributed by atoms with E-state index >= 15 is 0 Å². The molecule has 10 nitrogen and oxygen atoms in total. The van der Waals surface area contributed by atoms with E-state index in [9.17, 15) is 18.0 Å². The minimum atomic E-state index is -3.69. The van der Waals surface area contributed by atoms with Gasteiger partial charge in [0.05, 0.1) is 6.67 Å². The first-order valence-electron chi connectivity index (χ1n) is 10.4. The van der Waals surface area contributed by atoms with Crippen molar-refractivity contribution in [2.75, 3.05) is 32.8 Å². The zero-order valence-corrected chi connectivity index (χ0v) is 18.5. The van der Waals surface area contributed by atoms with Gasteiger partial charge in [-0.05, 0) is 45.4 Å². The number of nitrogens with zero attached hydrogens (tertiary/aromatic N) is 4. The fourth-order valence-corrected chi connectivity index (χ4v) is 6.40. The van der Waals surface area contributed by atoms with Crippen LogP contribution in [0.4, 0.5) is 4.79 Å². The molecule has 0 atom stereocenters. The number of nitrogens with one attached hydrogen (secondary N) is 1. The van der Waals surface area contributed by atoms with Gasteiger partial charge in [-0.1, -0.05) is 12.1 Å². The van der Waals surface area contributed by atoms with Crippen LogP contribution in [0.5, 0.6) is 0 Å². The molecule has 1 aromatic rings. The zero-order chi connectivity index (χ0) is 21.7. The van der Waals surface area contributed by atoms with Crippen molar-refractivity contribution in [3.05, 3.63) is 11.5 Å². The lowest BCUT2D eigenvalue weighted by atomic mass is 9.77. The molecule has 2 saturated heterocycles. The van der Waals surface area contributed by atoms with Crippen molar-refractivity contribution in [3.63, 3.8) is 0 Å². The molecule has 2 aliphatic heterocycles. The highest BCUT2D eigenvalue weighted by Gasteiger charge is 2.52. The van der Waals surface area contributed by atoms with E-state index in [2.05, 4.69) is 17.4 Å². The summed E-state index contributed by atoms with van der Waals surface area (Å²) in [4.78, 5) is 28.9. The third-order valence-electron chi connectivity index (χ3n) is 6.61. The summed E-state index contributed by atoms with van der Waals surface area (Å²) in [5.41, 5.74) is -0.403. The molecule has 3 amide bonds. The summed E-state index contributed by atoms with van der Waals surface area (Å²) in [5.74, 6) is 0.702. The first-order chi connectivity index (χ1) is 14.1. The van der Waals surface area contributed by atoms with Gasteiger partial charge in [-0.3, -0.25) is 9.69 Å². The fraction of sp³-hybridized carbons (Fsp3) is 0.737. The molecule has 0 radical (unpaired) electrons. The molecule has 3 heterocycles. The van der Waals surface area contributed by atoms with Crippen molar-refractivity contribution in [3.8, 4) is 0 Å². The maximum atomic E-state index is 13.0. The first kappa shape index (κ1) is 21.3. The minimum absolute atomic E-state index is 0.124. The van der Waals surface area contributed by atoms with E-state index < -0.39 is 15.6 Å². The lowest BCUT2D eigenvalue weighted by molar-refractivity contribution is -0.134. The summed E-state index contributed by atoms with van der Waals surface area (Å²) in [6, 6.07) is -0.347. The van der Waals surface area contributed by atoms with Gasteiger partial charge < -0.3 is 9.84 Å². The Hall–Kier alpha value is -1.98. The Bertz CT molecular complexity index is 923. The van der Waals surface area contributed by atoms with Crippen molar-refractivity contribution in [2.24, 2.45) is 5.92 Å². The Morgan fingerprint density at radius 1 is 1.13 bits per heavy atom. The van der Waals surface area contributed by atoms with Crippen LogP contribution in [0.1, 0.15) is 44.1 Å². The number of hydrogen-bond acceptors (Lipinski definition) is 7. The first-order valence-corrected chi connectivity index (χ1v) is 11.9. The van der Waals surface area contributed by atoms with E-state index in [1.807, 2.05) is 4.90 Å². The van der Waals surface area contributed by atoms with Crippen molar-refractivity contribution < 1.29 is 22.5 Å². The molecule has 4 rings (SSSR count). The molecular formula is C19H29N5O5S. The number of hydrogen-bond donors (Lipinski definition) is 1. The number of aromatic nitrogens is 1. The molecule has 0 bridgehead atoms. The standard InChI is InChI=1S/C19H29N5O5S/c1-13-4-6-19(7-5-13)17(25)24(18(26)20-19)12-22-8-10-23(11-9-22)30(27,28)16-14(2)21-29-15(16)3/h13H,4-12H2,1-3H3,(H,20,26). The van der Waals surface area contributed by atoms with Gasteiger partial charge in [0.1, 0.15) is 16.1 Å². The van der Waals surface area contributed by atoms with Crippen LogP contribution in [0.3, 0.4) is 0 Å². The third kappa shape index (κ3) is 3.52. The van der Waals surface area contributed by atoms with Crippen LogP contribution < -0.4 is 5.32 Å². The van der Waals surface area contributed by atoms with Gasteiger partial charge >= 0.3 is 6.03 Å². The molecule has 0 aromatic carbocycles. The van der Waals surface area contributed by atoms with Crippen molar-refractivity contribution >= 4 is 22.0 Å². The summed E-state index contributed by atoms with van der Waals surface area (Å²) in [5, 5.41) is 6.67. The lowest BCUT2D eigenvalue weighted by Crippen LogP contribution is -2.53. The number of carbonyl (C=O) groups excluding carboxylic acids is 2. The van der Waals surface area contributed by atoms with Crippen LogP contribution in [-0.2, 0) is 14.8 Å². The maximum Gasteiger partial charge on any atom is 0.326 e. The molecular weight excluding hydrogens is 410 g/mol. The number of aryl methyl sites for hydroxylation is 2. The average molecular weight is 440 g/mol. The molecule has 1 aliphatic carbocycles. The predicted octanol–water partition coefficient (Wildman–Crippen LogP) is 1.06. The number of urea groups is 1. The van der Waals surface area contributed by atoms with Gasteiger partial charge in [-0.15, -0.1) is 0 Å². The summed E-state index contributed by atoms with van der Waals surface area (Å²) in [6.45, 7) is 6.97. The van der Waals surface area contributed by atoms with Gasteiger partial charge in [0.2, 0.25) is 10.0 Å². The van der Waals surface area contributed by atoms with E-state index in [1.165, 1.54) is 9.21 Å². The van der Waals surface area contributed by atoms with Crippen molar-refractivity contribution in [1.82, 2.24) is 24.6 Å². The second-order valence-corrected chi connectivity index (χ2v) is 10.6. The number of carbonyl (C=O) groups is 2. The number of sulfonamides is 1. The highest BCUT2D eigenvalue weighted by Crippen LogP contribution is 2.36. The van der Waals surface area contributed by atoms with Crippen LogP contribution >= 0.6 is 0 Å². The topological polar surface area (TPSA) is 116 Å². The number of piperazine rings is 1. The highest BCUT2D eigenvalue weighted by atomic mass is 32.2. The molecule has 3 aliphatic rings.